The van der Waals surface area contributed by atoms with Crippen molar-refractivity contribution >= 4 is 5.78 Å². The molecule has 1 aromatic rings. The number of rotatable bonds is 5. The van der Waals surface area contributed by atoms with E-state index in [1.165, 1.54) is 0 Å². The van der Waals surface area contributed by atoms with Gasteiger partial charge in [-0.15, -0.1) is 0 Å². The minimum atomic E-state index is -4.29. The molecule has 0 N–H and O–H groups in total. The average Bonchev–Trinajstić information content (AvgIpc) is 2.27. The number of ketones is 1. The second-order valence-corrected chi connectivity index (χ2v) is 4.90. The van der Waals surface area contributed by atoms with Crippen LogP contribution in [0.15, 0.2) is 24.3 Å². The highest BCUT2D eigenvalue weighted by Crippen LogP contribution is 2.18. The molecule has 0 unspecified atom stereocenters. The van der Waals surface area contributed by atoms with Crippen molar-refractivity contribution in [1.29, 1.82) is 0 Å². The van der Waals surface area contributed by atoms with Gasteiger partial charge >= 0.3 is 6.18 Å². The average molecular weight is 273 g/mol. The van der Waals surface area contributed by atoms with Crippen molar-refractivity contribution in [3.05, 3.63) is 35.4 Å². The van der Waals surface area contributed by atoms with Gasteiger partial charge < -0.3 is 0 Å². The van der Waals surface area contributed by atoms with E-state index in [2.05, 4.69) is 0 Å². The molecule has 0 fully saturated rings. The number of hydrogen-bond acceptors (Lipinski definition) is 2. The van der Waals surface area contributed by atoms with E-state index in [-0.39, 0.29) is 18.4 Å². The summed E-state index contributed by atoms with van der Waals surface area (Å²) < 4.78 is 37.3. The minimum absolute atomic E-state index is 0.222. The van der Waals surface area contributed by atoms with Crippen molar-refractivity contribution in [2.75, 3.05) is 13.1 Å². The van der Waals surface area contributed by atoms with Crippen molar-refractivity contribution in [3.8, 4) is 0 Å². The van der Waals surface area contributed by atoms with Gasteiger partial charge in [0.15, 0.2) is 5.78 Å². The topological polar surface area (TPSA) is 20.3 Å². The second kappa shape index (κ2) is 6.19. The molecule has 2 nitrogen and oxygen atoms in total. The van der Waals surface area contributed by atoms with Gasteiger partial charge in [-0.2, -0.15) is 13.2 Å². The van der Waals surface area contributed by atoms with Gasteiger partial charge in [-0.05, 0) is 20.8 Å². The summed E-state index contributed by atoms with van der Waals surface area (Å²) in [5.41, 5.74) is 1.45. The van der Waals surface area contributed by atoms with Crippen molar-refractivity contribution in [2.24, 2.45) is 0 Å². The minimum Gasteiger partial charge on any atom is -0.293 e. The molecule has 0 saturated carbocycles. The molecule has 0 aliphatic rings. The molecular formula is C14H18F3NO. The Balaban J connectivity index is 2.74. The number of carbonyl (C=O) groups is 1. The van der Waals surface area contributed by atoms with Gasteiger partial charge in [-0.25, -0.2) is 0 Å². The molecule has 5 heteroatoms. The van der Waals surface area contributed by atoms with Crippen LogP contribution in [0.2, 0.25) is 0 Å². The third-order valence-electron chi connectivity index (χ3n) is 2.83. The molecule has 0 spiro atoms. The number of carbonyl (C=O) groups excluding carboxylic acids is 1. The van der Waals surface area contributed by atoms with Gasteiger partial charge in [-0.1, -0.05) is 29.8 Å². The third-order valence-corrected chi connectivity index (χ3v) is 2.83. The Kier molecular flexibility index (Phi) is 5.11. The van der Waals surface area contributed by atoms with E-state index in [9.17, 15) is 18.0 Å². The van der Waals surface area contributed by atoms with Crippen LogP contribution in [0, 0.1) is 6.92 Å². The van der Waals surface area contributed by atoms with Gasteiger partial charge in [0.1, 0.15) is 0 Å². The van der Waals surface area contributed by atoms with Crippen LogP contribution in [-0.4, -0.2) is 36.0 Å². The fraction of sp³-hybridized carbons (Fsp3) is 0.500. The highest BCUT2D eigenvalue weighted by molar-refractivity contribution is 5.97. The normalized spacial score (nSPS) is 12.2. The Bertz CT molecular complexity index is 423. The zero-order chi connectivity index (χ0) is 14.6. The number of benzene rings is 1. The lowest BCUT2D eigenvalue weighted by atomic mass is 10.1. The zero-order valence-corrected chi connectivity index (χ0v) is 11.3. The van der Waals surface area contributed by atoms with E-state index in [0.29, 0.717) is 5.56 Å². The van der Waals surface area contributed by atoms with E-state index in [4.69, 9.17) is 0 Å². The van der Waals surface area contributed by atoms with Crippen LogP contribution in [0.5, 0.6) is 0 Å². The first-order valence-corrected chi connectivity index (χ1v) is 6.09. The molecule has 0 aromatic heterocycles. The van der Waals surface area contributed by atoms with E-state index in [0.717, 1.165) is 10.5 Å². The molecule has 0 aliphatic heterocycles. The Labute approximate surface area is 111 Å². The molecule has 0 heterocycles. The highest BCUT2D eigenvalue weighted by Gasteiger charge is 2.32. The third kappa shape index (κ3) is 5.42. The lowest BCUT2D eigenvalue weighted by Gasteiger charge is -2.26. The molecule has 1 aromatic carbocycles. The van der Waals surface area contributed by atoms with E-state index < -0.39 is 12.7 Å². The zero-order valence-electron chi connectivity index (χ0n) is 11.3. The first-order valence-electron chi connectivity index (χ1n) is 6.09. The predicted octanol–water partition coefficient (Wildman–Crippen LogP) is 3.45. The van der Waals surface area contributed by atoms with Crippen molar-refractivity contribution < 1.29 is 18.0 Å². The standard InChI is InChI=1S/C14H18F3NO/c1-10(2)18(9-14(15,16)17)8-13(19)12-6-4-11(3)5-7-12/h4-7,10H,8-9H2,1-3H3. The summed E-state index contributed by atoms with van der Waals surface area (Å²) in [5.74, 6) is -0.294. The molecule has 0 amide bonds. The first-order chi connectivity index (χ1) is 8.69. The van der Waals surface area contributed by atoms with Gasteiger partial charge in [-0.3, -0.25) is 9.69 Å². The van der Waals surface area contributed by atoms with Gasteiger partial charge in [0.25, 0.3) is 0 Å². The molecule has 0 radical (unpaired) electrons. The van der Waals surface area contributed by atoms with Crippen LogP contribution < -0.4 is 0 Å². The van der Waals surface area contributed by atoms with Crippen LogP contribution in [0.25, 0.3) is 0 Å². The number of hydrogen-bond donors (Lipinski definition) is 0. The lowest BCUT2D eigenvalue weighted by molar-refractivity contribution is -0.148. The summed E-state index contributed by atoms with van der Waals surface area (Å²) in [6.07, 6.45) is -4.29. The van der Waals surface area contributed by atoms with Crippen molar-refractivity contribution in [2.45, 2.75) is 33.0 Å². The number of halogens is 3. The summed E-state index contributed by atoms with van der Waals surface area (Å²) in [6.45, 7) is 3.89. The molecule has 19 heavy (non-hydrogen) atoms. The highest BCUT2D eigenvalue weighted by atomic mass is 19.4. The van der Waals surface area contributed by atoms with Gasteiger partial charge in [0.05, 0.1) is 13.1 Å². The van der Waals surface area contributed by atoms with Crippen LogP contribution in [0.3, 0.4) is 0 Å². The maximum atomic E-state index is 12.4. The van der Waals surface area contributed by atoms with E-state index >= 15 is 0 Å². The van der Waals surface area contributed by atoms with E-state index in [1.807, 2.05) is 6.92 Å². The second-order valence-electron chi connectivity index (χ2n) is 4.90. The predicted molar refractivity (Wildman–Crippen MR) is 68.3 cm³/mol. The van der Waals surface area contributed by atoms with Crippen LogP contribution in [0.1, 0.15) is 29.8 Å². The molecule has 0 saturated heterocycles. The molecule has 0 aliphatic carbocycles. The number of aryl methyl sites for hydroxylation is 1. The summed E-state index contributed by atoms with van der Waals surface area (Å²) >= 11 is 0. The Morgan fingerprint density at radius 3 is 2.16 bits per heavy atom. The van der Waals surface area contributed by atoms with Crippen LogP contribution >= 0.6 is 0 Å². The smallest absolute Gasteiger partial charge is 0.293 e. The summed E-state index contributed by atoms with van der Waals surface area (Å²) in [5, 5.41) is 0. The summed E-state index contributed by atoms with van der Waals surface area (Å²) in [7, 11) is 0. The largest absolute Gasteiger partial charge is 0.401 e. The lowest BCUT2D eigenvalue weighted by Crippen LogP contribution is -2.42. The monoisotopic (exact) mass is 273 g/mol. The Morgan fingerprint density at radius 1 is 1.21 bits per heavy atom. The maximum absolute atomic E-state index is 12.4. The number of Topliss-reactive ketones (excluding diaryl/α,β-unsaturated/α-hetero) is 1. The summed E-state index contributed by atoms with van der Waals surface area (Å²) in [4.78, 5) is 13.1. The van der Waals surface area contributed by atoms with Crippen LogP contribution in [-0.2, 0) is 0 Å². The Morgan fingerprint density at radius 2 is 1.74 bits per heavy atom. The molecule has 0 atom stereocenters. The van der Waals surface area contributed by atoms with Crippen molar-refractivity contribution in [3.63, 3.8) is 0 Å². The molecule has 106 valence electrons. The van der Waals surface area contributed by atoms with Crippen molar-refractivity contribution in [1.82, 2.24) is 4.90 Å². The molecule has 0 bridgehead atoms. The van der Waals surface area contributed by atoms with E-state index in [1.54, 1.807) is 38.1 Å². The fourth-order valence-corrected chi connectivity index (χ4v) is 1.67. The number of nitrogens with zero attached hydrogens (tertiary/aromatic N) is 1. The SMILES string of the molecule is Cc1ccc(C(=O)CN(CC(F)(F)F)C(C)C)cc1. The quantitative estimate of drug-likeness (QED) is 0.766. The van der Waals surface area contributed by atoms with Gasteiger partial charge in [0.2, 0.25) is 0 Å². The maximum Gasteiger partial charge on any atom is 0.401 e. The molecular weight excluding hydrogens is 255 g/mol. The Hall–Kier alpha value is -1.36. The molecule has 1 rings (SSSR count). The van der Waals surface area contributed by atoms with Gasteiger partial charge in [0, 0.05) is 11.6 Å². The summed E-state index contributed by atoms with van der Waals surface area (Å²) in [6, 6.07) is 6.50. The fourth-order valence-electron chi connectivity index (χ4n) is 1.67. The van der Waals surface area contributed by atoms with Crippen LogP contribution in [0.4, 0.5) is 13.2 Å². The first kappa shape index (κ1) is 15.7. The number of alkyl halides is 3.